The van der Waals surface area contributed by atoms with Crippen LogP contribution in [0.4, 0.5) is 10.8 Å². The molecule has 2 aromatic heterocycles. The smallest absolute Gasteiger partial charge is 0.265 e. The van der Waals surface area contributed by atoms with E-state index < -0.39 is 0 Å². The minimum atomic E-state index is -0.165. The van der Waals surface area contributed by atoms with E-state index in [2.05, 4.69) is 10.3 Å². The van der Waals surface area contributed by atoms with E-state index in [1.54, 1.807) is 35.6 Å². The maximum absolute atomic E-state index is 12.3. The Morgan fingerprint density at radius 3 is 2.39 bits per heavy atom. The average Bonchev–Trinajstić information content (AvgIpc) is 3.06. The van der Waals surface area contributed by atoms with Crippen LogP contribution in [0.15, 0.2) is 30.3 Å². The molecule has 7 heteroatoms. The van der Waals surface area contributed by atoms with Crippen molar-refractivity contribution in [1.29, 1.82) is 0 Å². The fraction of sp³-hybridized carbons (Fsp3) is 0.188. The van der Waals surface area contributed by atoms with E-state index in [1.165, 1.54) is 18.3 Å². The van der Waals surface area contributed by atoms with Crippen LogP contribution >= 0.6 is 22.7 Å². The third kappa shape index (κ3) is 3.25. The van der Waals surface area contributed by atoms with Gasteiger partial charge in [0.05, 0.1) is 9.58 Å². The molecule has 0 saturated heterocycles. The van der Waals surface area contributed by atoms with Gasteiger partial charge >= 0.3 is 0 Å². The second kappa shape index (κ2) is 6.10. The molecule has 23 heavy (non-hydrogen) atoms. The van der Waals surface area contributed by atoms with Crippen LogP contribution in [0.2, 0.25) is 0 Å². The molecule has 0 bridgehead atoms. The Labute approximate surface area is 141 Å². The molecule has 0 atom stereocenters. The van der Waals surface area contributed by atoms with Crippen molar-refractivity contribution in [3.8, 4) is 0 Å². The van der Waals surface area contributed by atoms with Gasteiger partial charge in [0.2, 0.25) is 0 Å². The lowest BCUT2D eigenvalue weighted by Gasteiger charge is -2.05. The van der Waals surface area contributed by atoms with Gasteiger partial charge in [-0.25, -0.2) is 4.98 Å². The van der Waals surface area contributed by atoms with Crippen molar-refractivity contribution >= 4 is 54.7 Å². The number of amides is 1. The first-order valence-electron chi connectivity index (χ1n) is 6.94. The van der Waals surface area contributed by atoms with Crippen LogP contribution in [0.5, 0.6) is 0 Å². The van der Waals surface area contributed by atoms with Crippen molar-refractivity contribution in [3.63, 3.8) is 0 Å². The van der Waals surface area contributed by atoms with Gasteiger partial charge < -0.3 is 10.2 Å². The molecule has 0 fully saturated rings. The highest BCUT2D eigenvalue weighted by Gasteiger charge is 2.15. The van der Waals surface area contributed by atoms with E-state index in [-0.39, 0.29) is 11.7 Å². The topological polar surface area (TPSA) is 62.3 Å². The molecule has 0 unspecified atom stereocenters. The van der Waals surface area contributed by atoms with Gasteiger partial charge in [-0.15, -0.1) is 11.3 Å². The lowest BCUT2D eigenvalue weighted by molar-refractivity contribution is 0.101. The molecule has 5 nitrogen and oxygen atoms in total. The first-order chi connectivity index (χ1) is 10.9. The molecular formula is C16H15N3O2S2. The number of benzene rings is 1. The zero-order valence-corrected chi connectivity index (χ0v) is 14.5. The van der Waals surface area contributed by atoms with Gasteiger partial charge in [0.15, 0.2) is 10.9 Å². The molecule has 0 aliphatic carbocycles. The molecule has 2 heterocycles. The molecule has 0 radical (unpaired) electrons. The summed E-state index contributed by atoms with van der Waals surface area (Å²) in [6.45, 7) is 1.51. The highest BCUT2D eigenvalue weighted by molar-refractivity contribution is 7.29. The van der Waals surface area contributed by atoms with E-state index in [9.17, 15) is 9.59 Å². The predicted octanol–water partition coefficient (Wildman–Crippen LogP) is 3.88. The lowest BCUT2D eigenvalue weighted by Crippen LogP contribution is -2.10. The van der Waals surface area contributed by atoms with Gasteiger partial charge in [0.25, 0.3) is 5.91 Å². The number of anilines is 2. The monoisotopic (exact) mass is 345 g/mol. The van der Waals surface area contributed by atoms with Crippen LogP contribution in [0.3, 0.4) is 0 Å². The Morgan fingerprint density at radius 1 is 1.13 bits per heavy atom. The zero-order valence-electron chi connectivity index (χ0n) is 12.9. The van der Waals surface area contributed by atoms with Crippen LogP contribution in [0.1, 0.15) is 27.0 Å². The normalized spacial score (nSPS) is 10.7. The van der Waals surface area contributed by atoms with E-state index in [0.29, 0.717) is 16.1 Å². The van der Waals surface area contributed by atoms with Gasteiger partial charge in [-0.2, -0.15) is 0 Å². The van der Waals surface area contributed by atoms with Crippen molar-refractivity contribution in [2.45, 2.75) is 6.92 Å². The minimum Gasteiger partial charge on any atom is -0.354 e. The molecule has 0 spiro atoms. The number of hydrogen-bond acceptors (Lipinski definition) is 6. The Bertz CT molecular complexity index is 847. The summed E-state index contributed by atoms with van der Waals surface area (Å²) >= 11 is 2.94. The highest BCUT2D eigenvalue weighted by Crippen LogP contribution is 2.34. The molecule has 1 aromatic carbocycles. The number of ketones is 1. The fourth-order valence-corrected chi connectivity index (χ4v) is 4.04. The van der Waals surface area contributed by atoms with Crippen molar-refractivity contribution < 1.29 is 9.59 Å². The maximum Gasteiger partial charge on any atom is 0.265 e. The van der Waals surface area contributed by atoms with Crippen molar-refractivity contribution in [2.75, 3.05) is 24.3 Å². The van der Waals surface area contributed by atoms with E-state index in [1.807, 2.05) is 25.1 Å². The second-order valence-corrected chi connectivity index (χ2v) is 7.30. The third-order valence-corrected chi connectivity index (χ3v) is 5.56. The molecule has 3 aromatic rings. The molecule has 1 amide bonds. The average molecular weight is 345 g/mol. The fourth-order valence-electron chi connectivity index (χ4n) is 2.01. The number of carbonyl (C=O) groups excluding carboxylic acids is 2. The van der Waals surface area contributed by atoms with Gasteiger partial charge in [-0.05, 0) is 37.3 Å². The number of rotatable bonds is 4. The van der Waals surface area contributed by atoms with Crippen molar-refractivity contribution in [1.82, 2.24) is 4.98 Å². The summed E-state index contributed by atoms with van der Waals surface area (Å²) in [6, 6.07) is 8.73. The zero-order chi connectivity index (χ0) is 16.6. The number of thiophene rings is 1. The van der Waals surface area contributed by atoms with Crippen LogP contribution in [0.25, 0.3) is 9.53 Å². The molecule has 1 N–H and O–H groups in total. The molecule has 3 rings (SSSR count). The van der Waals surface area contributed by atoms with Gasteiger partial charge in [0.1, 0.15) is 4.83 Å². The van der Waals surface area contributed by atoms with Crippen LogP contribution in [-0.4, -0.2) is 30.8 Å². The summed E-state index contributed by atoms with van der Waals surface area (Å²) in [5, 5.41) is 3.77. The Hall–Kier alpha value is -2.25. The molecule has 118 valence electrons. The SMILES string of the molecule is CC(=O)c1ccc(NC(=O)c2cc3sc(N(C)C)nc3s2)cc1. The highest BCUT2D eigenvalue weighted by atomic mass is 32.1. The number of carbonyl (C=O) groups is 2. The van der Waals surface area contributed by atoms with Crippen LogP contribution in [-0.2, 0) is 0 Å². The van der Waals surface area contributed by atoms with Crippen molar-refractivity contribution in [2.24, 2.45) is 0 Å². The van der Waals surface area contributed by atoms with Crippen molar-refractivity contribution in [3.05, 3.63) is 40.8 Å². The summed E-state index contributed by atoms with van der Waals surface area (Å²) in [7, 11) is 3.89. The number of aromatic nitrogens is 1. The number of nitrogens with zero attached hydrogens (tertiary/aromatic N) is 2. The largest absolute Gasteiger partial charge is 0.354 e. The Morgan fingerprint density at radius 2 is 1.83 bits per heavy atom. The summed E-state index contributed by atoms with van der Waals surface area (Å²) < 4.78 is 1.01. The van der Waals surface area contributed by atoms with Gasteiger partial charge in [-0.1, -0.05) is 11.3 Å². The molecule has 0 aliphatic heterocycles. The lowest BCUT2D eigenvalue weighted by atomic mass is 10.1. The molecule has 0 saturated carbocycles. The standard InChI is InChI=1S/C16H15N3O2S2/c1-9(20)10-4-6-11(7-5-10)17-14(21)12-8-13-15(22-12)18-16(23-13)19(2)3/h4-8H,1-3H3,(H,17,21). The third-order valence-electron chi connectivity index (χ3n) is 3.23. The van der Waals surface area contributed by atoms with Crippen LogP contribution < -0.4 is 10.2 Å². The summed E-state index contributed by atoms with van der Waals surface area (Å²) in [6.07, 6.45) is 0. The Kier molecular flexibility index (Phi) is 4.14. The number of Topliss-reactive ketones (excluding diaryl/α,β-unsaturated/α-hetero) is 1. The quantitative estimate of drug-likeness (QED) is 0.729. The first kappa shape index (κ1) is 15.6. The summed E-state index contributed by atoms with van der Waals surface area (Å²) in [4.78, 5) is 31.5. The predicted molar refractivity (Wildman–Crippen MR) is 96.2 cm³/mol. The number of hydrogen-bond donors (Lipinski definition) is 1. The van der Waals surface area contributed by atoms with E-state index in [4.69, 9.17) is 0 Å². The van der Waals surface area contributed by atoms with Gasteiger partial charge in [-0.3, -0.25) is 9.59 Å². The first-order valence-corrected chi connectivity index (χ1v) is 8.57. The Balaban J connectivity index is 1.77. The molecule has 0 aliphatic rings. The summed E-state index contributed by atoms with van der Waals surface area (Å²) in [5.74, 6) is -0.161. The number of thiazole rings is 1. The maximum atomic E-state index is 12.3. The number of nitrogens with one attached hydrogen (secondary N) is 1. The second-order valence-electron chi connectivity index (χ2n) is 5.26. The number of fused-ring (bicyclic) bond motifs is 1. The summed E-state index contributed by atoms with van der Waals surface area (Å²) in [5.41, 5.74) is 1.29. The van der Waals surface area contributed by atoms with E-state index in [0.717, 1.165) is 14.7 Å². The van der Waals surface area contributed by atoms with Gasteiger partial charge in [0, 0.05) is 25.3 Å². The van der Waals surface area contributed by atoms with Crippen LogP contribution in [0, 0.1) is 0 Å². The van der Waals surface area contributed by atoms with E-state index >= 15 is 0 Å². The molecular weight excluding hydrogens is 330 g/mol. The minimum absolute atomic E-state index is 0.00383.